The number of nitrogens with one attached hydrogen (secondary N) is 1. The zero-order valence-electron chi connectivity index (χ0n) is 10.5. The maximum atomic E-state index is 13.0. The molecule has 104 valence electrons. The standard InChI is InChI=1S/C14H17ClFNO2/c15-12-7-10(3-6-13(12)16)14(19)17-11-4-1-9(8-18)2-5-11/h3,6-7,9,11,18H,1-2,4-5,8H2,(H,17,19). The van der Waals surface area contributed by atoms with Crippen molar-refractivity contribution >= 4 is 17.5 Å². The highest BCUT2D eigenvalue weighted by molar-refractivity contribution is 6.31. The van der Waals surface area contributed by atoms with E-state index in [1.54, 1.807) is 0 Å². The summed E-state index contributed by atoms with van der Waals surface area (Å²) in [7, 11) is 0. The number of amides is 1. The van der Waals surface area contributed by atoms with Crippen molar-refractivity contribution in [3.05, 3.63) is 34.6 Å². The third-order valence-electron chi connectivity index (χ3n) is 3.62. The molecule has 0 bridgehead atoms. The zero-order chi connectivity index (χ0) is 13.8. The van der Waals surface area contributed by atoms with E-state index in [1.807, 2.05) is 0 Å². The average Bonchev–Trinajstić information content (AvgIpc) is 2.42. The first-order valence-electron chi connectivity index (χ1n) is 6.47. The van der Waals surface area contributed by atoms with Gasteiger partial charge in [0.1, 0.15) is 5.82 Å². The van der Waals surface area contributed by atoms with Crippen LogP contribution in [0.2, 0.25) is 5.02 Å². The lowest BCUT2D eigenvalue weighted by molar-refractivity contribution is 0.0914. The number of benzene rings is 1. The molecule has 1 fully saturated rings. The van der Waals surface area contributed by atoms with Gasteiger partial charge in [-0.05, 0) is 49.8 Å². The SMILES string of the molecule is O=C(NC1CCC(CO)CC1)c1ccc(F)c(Cl)c1. The van der Waals surface area contributed by atoms with Crippen LogP contribution in [-0.4, -0.2) is 23.7 Å². The summed E-state index contributed by atoms with van der Waals surface area (Å²) in [4.78, 5) is 12.0. The van der Waals surface area contributed by atoms with E-state index in [2.05, 4.69) is 5.32 Å². The first kappa shape index (κ1) is 14.3. The van der Waals surface area contributed by atoms with Crippen LogP contribution in [0.3, 0.4) is 0 Å². The molecule has 1 saturated carbocycles. The van der Waals surface area contributed by atoms with Gasteiger partial charge in [0.25, 0.3) is 5.91 Å². The molecule has 19 heavy (non-hydrogen) atoms. The van der Waals surface area contributed by atoms with E-state index in [1.165, 1.54) is 18.2 Å². The molecule has 1 aliphatic rings. The van der Waals surface area contributed by atoms with Gasteiger partial charge < -0.3 is 10.4 Å². The zero-order valence-corrected chi connectivity index (χ0v) is 11.3. The van der Waals surface area contributed by atoms with E-state index in [0.29, 0.717) is 11.5 Å². The fraction of sp³-hybridized carbons (Fsp3) is 0.500. The molecular weight excluding hydrogens is 269 g/mol. The maximum Gasteiger partial charge on any atom is 0.251 e. The molecule has 0 saturated heterocycles. The number of carbonyl (C=O) groups is 1. The van der Waals surface area contributed by atoms with Crippen molar-refractivity contribution in [3.8, 4) is 0 Å². The summed E-state index contributed by atoms with van der Waals surface area (Å²) in [5.41, 5.74) is 0.371. The number of hydrogen-bond donors (Lipinski definition) is 2. The van der Waals surface area contributed by atoms with Gasteiger partial charge in [0.05, 0.1) is 5.02 Å². The van der Waals surface area contributed by atoms with Crippen LogP contribution in [-0.2, 0) is 0 Å². The number of aliphatic hydroxyl groups excluding tert-OH is 1. The fourth-order valence-electron chi connectivity index (χ4n) is 2.40. The molecule has 2 rings (SSSR count). The third kappa shape index (κ3) is 3.67. The summed E-state index contributed by atoms with van der Waals surface area (Å²) in [6, 6.07) is 4.08. The highest BCUT2D eigenvalue weighted by Gasteiger charge is 2.22. The molecule has 0 atom stereocenters. The number of aliphatic hydroxyl groups is 1. The molecular formula is C14H17ClFNO2. The second kappa shape index (κ2) is 6.35. The lowest BCUT2D eigenvalue weighted by Crippen LogP contribution is -2.38. The highest BCUT2D eigenvalue weighted by Crippen LogP contribution is 2.24. The summed E-state index contributed by atoms with van der Waals surface area (Å²) in [5.74, 6) is -0.399. The Hall–Kier alpha value is -1.13. The van der Waals surface area contributed by atoms with Crippen molar-refractivity contribution < 1.29 is 14.3 Å². The summed E-state index contributed by atoms with van der Waals surface area (Å²) >= 11 is 5.66. The summed E-state index contributed by atoms with van der Waals surface area (Å²) < 4.78 is 13.0. The quantitative estimate of drug-likeness (QED) is 0.897. The van der Waals surface area contributed by atoms with Crippen molar-refractivity contribution in [2.24, 2.45) is 5.92 Å². The van der Waals surface area contributed by atoms with Gasteiger partial charge in [0.15, 0.2) is 0 Å². The smallest absolute Gasteiger partial charge is 0.251 e. The third-order valence-corrected chi connectivity index (χ3v) is 3.91. The van der Waals surface area contributed by atoms with Crippen LogP contribution >= 0.6 is 11.6 Å². The van der Waals surface area contributed by atoms with Crippen LogP contribution in [0.4, 0.5) is 4.39 Å². The lowest BCUT2D eigenvalue weighted by atomic mass is 9.86. The van der Waals surface area contributed by atoms with Gasteiger partial charge in [-0.3, -0.25) is 4.79 Å². The van der Waals surface area contributed by atoms with Crippen LogP contribution in [0.1, 0.15) is 36.0 Å². The molecule has 1 amide bonds. The minimum Gasteiger partial charge on any atom is -0.396 e. The summed E-state index contributed by atoms with van der Waals surface area (Å²) in [5, 5.41) is 11.9. The largest absolute Gasteiger partial charge is 0.396 e. The van der Waals surface area contributed by atoms with Gasteiger partial charge >= 0.3 is 0 Å². The fourth-order valence-corrected chi connectivity index (χ4v) is 2.58. The minimum absolute atomic E-state index is 0.0448. The molecule has 0 spiro atoms. The number of rotatable bonds is 3. The number of halogens is 2. The predicted molar refractivity (Wildman–Crippen MR) is 71.7 cm³/mol. The molecule has 0 heterocycles. The number of hydrogen-bond acceptors (Lipinski definition) is 2. The second-order valence-corrected chi connectivity index (χ2v) is 5.41. The normalized spacial score (nSPS) is 23.1. The van der Waals surface area contributed by atoms with Crippen LogP contribution in [0.15, 0.2) is 18.2 Å². The average molecular weight is 286 g/mol. The van der Waals surface area contributed by atoms with E-state index in [-0.39, 0.29) is 23.6 Å². The van der Waals surface area contributed by atoms with E-state index >= 15 is 0 Å². The molecule has 5 heteroatoms. The molecule has 0 radical (unpaired) electrons. The minimum atomic E-state index is -0.526. The van der Waals surface area contributed by atoms with E-state index in [4.69, 9.17) is 16.7 Å². The maximum absolute atomic E-state index is 13.0. The van der Waals surface area contributed by atoms with Crippen molar-refractivity contribution in [2.45, 2.75) is 31.7 Å². The molecule has 0 unspecified atom stereocenters. The van der Waals surface area contributed by atoms with E-state index in [9.17, 15) is 9.18 Å². The highest BCUT2D eigenvalue weighted by atomic mass is 35.5. The lowest BCUT2D eigenvalue weighted by Gasteiger charge is -2.27. The van der Waals surface area contributed by atoms with Crippen molar-refractivity contribution in [1.82, 2.24) is 5.32 Å². The van der Waals surface area contributed by atoms with Gasteiger partial charge in [-0.15, -0.1) is 0 Å². The van der Waals surface area contributed by atoms with Gasteiger partial charge in [0.2, 0.25) is 0 Å². The summed E-state index contributed by atoms with van der Waals surface area (Å²) in [6.07, 6.45) is 3.58. The van der Waals surface area contributed by atoms with Crippen LogP contribution < -0.4 is 5.32 Å². The Labute approximate surface area is 116 Å². The molecule has 0 aromatic heterocycles. The van der Waals surface area contributed by atoms with Crippen molar-refractivity contribution in [2.75, 3.05) is 6.61 Å². The van der Waals surface area contributed by atoms with E-state index < -0.39 is 5.82 Å². The topological polar surface area (TPSA) is 49.3 Å². The molecule has 2 N–H and O–H groups in total. The Morgan fingerprint density at radius 2 is 2.05 bits per heavy atom. The van der Waals surface area contributed by atoms with Crippen molar-refractivity contribution in [1.29, 1.82) is 0 Å². The molecule has 3 nitrogen and oxygen atoms in total. The molecule has 1 aromatic carbocycles. The second-order valence-electron chi connectivity index (χ2n) is 5.00. The summed E-state index contributed by atoms with van der Waals surface area (Å²) in [6.45, 7) is 0.217. The molecule has 1 aromatic rings. The van der Waals surface area contributed by atoms with E-state index in [0.717, 1.165) is 25.7 Å². The van der Waals surface area contributed by atoms with Crippen LogP contribution in [0.5, 0.6) is 0 Å². The van der Waals surface area contributed by atoms with Crippen molar-refractivity contribution in [3.63, 3.8) is 0 Å². The monoisotopic (exact) mass is 285 g/mol. The van der Waals surface area contributed by atoms with Gasteiger partial charge in [-0.25, -0.2) is 4.39 Å². The van der Waals surface area contributed by atoms with Crippen LogP contribution in [0.25, 0.3) is 0 Å². The Balaban J connectivity index is 1.92. The van der Waals surface area contributed by atoms with Gasteiger partial charge in [-0.2, -0.15) is 0 Å². The predicted octanol–water partition coefficient (Wildman–Crippen LogP) is 2.76. The first-order valence-corrected chi connectivity index (χ1v) is 6.84. The number of carbonyl (C=O) groups excluding carboxylic acids is 1. The Morgan fingerprint density at radius 1 is 1.37 bits per heavy atom. The molecule has 0 aliphatic heterocycles. The Bertz CT molecular complexity index is 459. The Kier molecular flexibility index (Phi) is 4.77. The van der Waals surface area contributed by atoms with Crippen LogP contribution in [0, 0.1) is 11.7 Å². The van der Waals surface area contributed by atoms with Gasteiger partial charge in [-0.1, -0.05) is 11.6 Å². The first-order chi connectivity index (χ1) is 9.10. The molecule has 1 aliphatic carbocycles. The Morgan fingerprint density at radius 3 is 2.63 bits per heavy atom. The van der Waals surface area contributed by atoms with Gasteiger partial charge in [0, 0.05) is 18.2 Å².